The van der Waals surface area contributed by atoms with Crippen molar-refractivity contribution in [2.75, 3.05) is 5.32 Å². The van der Waals surface area contributed by atoms with E-state index in [2.05, 4.69) is 5.32 Å². The molecule has 128 valence electrons. The largest absolute Gasteiger partial charge is 0.416 e. The summed E-state index contributed by atoms with van der Waals surface area (Å²) in [5.41, 5.74) is 3.86. The van der Waals surface area contributed by atoms with Crippen LogP contribution in [0.5, 0.6) is 0 Å². The lowest BCUT2D eigenvalue weighted by molar-refractivity contribution is -0.137. The first-order valence-corrected chi connectivity index (χ1v) is 7.95. The minimum atomic E-state index is -4.40. The molecule has 0 unspecified atom stereocenters. The predicted octanol–water partition coefficient (Wildman–Crippen LogP) is 6.73. The van der Waals surface area contributed by atoms with E-state index < -0.39 is 11.7 Å². The highest BCUT2D eigenvalue weighted by Crippen LogP contribution is 2.36. The Morgan fingerprint density at radius 3 is 2.16 bits per heavy atom. The molecule has 0 fully saturated rings. The molecular formula is C21H18F3N. The highest BCUT2D eigenvalue weighted by molar-refractivity contribution is 5.73. The standard InChI is InChI=1S/C21H18F3N/c1-14-8-9-15(2)20(10-14)25-19-12-17(16-6-4-3-5-7-16)11-18(13-19)21(22,23)24/h3-13,25H,1-2H3. The number of alkyl halides is 3. The van der Waals surface area contributed by atoms with Crippen molar-refractivity contribution in [1.82, 2.24) is 0 Å². The molecular weight excluding hydrogens is 323 g/mol. The van der Waals surface area contributed by atoms with Crippen LogP contribution in [0.3, 0.4) is 0 Å². The van der Waals surface area contributed by atoms with E-state index >= 15 is 0 Å². The van der Waals surface area contributed by atoms with Crippen LogP contribution in [-0.2, 0) is 6.18 Å². The summed E-state index contributed by atoms with van der Waals surface area (Å²) in [6.45, 7) is 3.87. The second kappa shape index (κ2) is 6.63. The van der Waals surface area contributed by atoms with Crippen LogP contribution < -0.4 is 5.32 Å². The molecule has 0 aliphatic carbocycles. The average molecular weight is 341 g/mol. The van der Waals surface area contributed by atoms with Crippen molar-refractivity contribution in [3.63, 3.8) is 0 Å². The molecule has 1 N–H and O–H groups in total. The third kappa shape index (κ3) is 4.02. The molecule has 1 nitrogen and oxygen atoms in total. The van der Waals surface area contributed by atoms with Crippen LogP contribution in [0.25, 0.3) is 11.1 Å². The zero-order valence-corrected chi connectivity index (χ0v) is 14.0. The highest BCUT2D eigenvalue weighted by Gasteiger charge is 2.31. The summed E-state index contributed by atoms with van der Waals surface area (Å²) in [6.07, 6.45) is -4.40. The molecule has 3 rings (SSSR count). The van der Waals surface area contributed by atoms with Crippen molar-refractivity contribution in [1.29, 1.82) is 0 Å². The molecule has 0 aliphatic heterocycles. The SMILES string of the molecule is Cc1ccc(C)c(Nc2cc(-c3ccccc3)cc(C(F)(F)F)c2)c1. The molecule has 0 aliphatic rings. The third-order valence-corrected chi connectivity index (χ3v) is 4.04. The molecule has 0 atom stereocenters. The summed E-state index contributed by atoms with van der Waals surface area (Å²) in [5, 5.41) is 3.14. The maximum Gasteiger partial charge on any atom is 0.416 e. The first kappa shape index (κ1) is 17.1. The maximum atomic E-state index is 13.3. The fourth-order valence-electron chi connectivity index (χ4n) is 2.69. The number of rotatable bonds is 3. The van der Waals surface area contributed by atoms with E-state index in [9.17, 15) is 13.2 Å². The molecule has 0 radical (unpaired) electrons. The molecule has 0 saturated heterocycles. The second-order valence-corrected chi connectivity index (χ2v) is 6.11. The molecule has 0 bridgehead atoms. The van der Waals surface area contributed by atoms with Crippen LogP contribution in [0.15, 0.2) is 66.7 Å². The Kier molecular flexibility index (Phi) is 4.53. The second-order valence-electron chi connectivity index (χ2n) is 6.11. The van der Waals surface area contributed by atoms with Gasteiger partial charge in [0.15, 0.2) is 0 Å². The van der Waals surface area contributed by atoms with Crippen LogP contribution in [-0.4, -0.2) is 0 Å². The minimum Gasteiger partial charge on any atom is -0.355 e. The van der Waals surface area contributed by atoms with Gasteiger partial charge in [-0.15, -0.1) is 0 Å². The van der Waals surface area contributed by atoms with Gasteiger partial charge in [-0.25, -0.2) is 0 Å². The lowest BCUT2D eigenvalue weighted by Crippen LogP contribution is -2.06. The predicted molar refractivity (Wildman–Crippen MR) is 96.1 cm³/mol. The van der Waals surface area contributed by atoms with Gasteiger partial charge in [0.25, 0.3) is 0 Å². The van der Waals surface area contributed by atoms with Gasteiger partial charge in [-0.1, -0.05) is 42.5 Å². The first-order valence-electron chi connectivity index (χ1n) is 7.95. The van der Waals surface area contributed by atoms with Crippen LogP contribution >= 0.6 is 0 Å². The number of hydrogen-bond donors (Lipinski definition) is 1. The summed E-state index contributed by atoms with van der Waals surface area (Å²) in [4.78, 5) is 0. The smallest absolute Gasteiger partial charge is 0.355 e. The third-order valence-electron chi connectivity index (χ3n) is 4.04. The molecule has 0 heterocycles. The van der Waals surface area contributed by atoms with Crippen LogP contribution in [0, 0.1) is 13.8 Å². The van der Waals surface area contributed by atoms with Gasteiger partial charge in [0.1, 0.15) is 0 Å². The van der Waals surface area contributed by atoms with E-state index in [4.69, 9.17) is 0 Å². The van der Waals surface area contributed by atoms with E-state index in [1.54, 1.807) is 18.2 Å². The minimum absolute atomic E-state index is 0.419. The monoisotopic (exact) mass is 341 g/mol. The summed E-state index contributed by atoms with van der Waals surface area (Å²) < 4.78 is 40.0. The maximum absolute atomic E-state index is 13.3. The van der Waals surface area contributed by atoms with E-state index in [1.165, 1.54) is 6.07 Å². The number of anilines is 2. The van der Waals surface area contributed by atoms with E-state index in [0.29, 0.717) is 11.3 Å². The van der Waals surface area contributed by atoms with Gasteiger partial charge in [-0.2, -0.15) is 13.2 Å². The van der Waals surface area contributed by atoms with Crippen molar-refractivity contribution in [3.05, 3.63) is 83.4 Å². The Bertz CT molecular complexity index is 883. The number of halogens is 3. The Morgan fingerprint density at radius 1 is 0.760 bits per heavy atom. The topological polar surface area (TPSA) is 12.0 Å². The van der Waals surface area contributed by atoms with Gasteiger partial charge in [0.05, 0.1) is 5.56 Å². The average Bonchev–Trinajstić information content (AvgIpc) is 2.58. The van der Waals surface area contributed by atoms with Crippen LogP contribution in [0.4, 0.5) is 24.5 Å². The zero-order chi connectivity index (χ0) is 18.0. The van der Waals surface area contributed by atoms with Crippen molar-refractivity contribution in [2.45, 2.75) is 20.0 Å². The number of benzene rings is 3. The number of nitrogens with one attached hydrogen (secondary N) is 1. The number of aryl methyl sites for hydroxylation is 2. The highest BCUT2D eigenvalue weighted by atomic mass is 19.4. The van der Waals surface area contributed by atoms with E-state index in [1.807, 2.05) is 50.2 Å². The van der Waals surface area contributed by atoms with Crippen LogP contribution in [0.2, 0.25) is 0 Å². The summed E-state index contributed by atoms with van der Waals surface area (Å²) in [5.74, 6) is 0. The van der Waals surface area contributed by atoms with Gasteiger partial charge in [-0.05, 0) is 60.4 Å². The Labute approximate surface area is 145 Å². The summed E-state index contributed by atoms with van der Waals surface area (Å²) in [7, 11) is 0. The number of hydrogen-bond acceptors (Lipinski definition) is 1. The Hall–Kier alpha value is -2.75. The quantitative estimate of drug-likeness (QED) is 0.557. The fourth-order valence-corrected chi connectivity index (χ4v) is 2.69. The summed E-state index contributed by atoms with van der Waals surface area (Å²) in [6, 6.07) is 19.0. The van der Waals surface area contributed by atoms with E-state index in [0.717, 1.165) is 28.4 Å². The van der Waals surface area contributed by atoms with Crippen molar-refractivity contribution >= 4 is 11.4 Å². The van der Waals surface area contributed by atoms with Gasteiger partial charge in [0.2, 0.25) is 0 Å². The van der Waals surface area contributed by atoms with Gasteiger partial charge < -0.3 is 5.32 Å². The molecule has 0 spiro atoms. The molecule has 0 saturated carbocycles. The van der Waals surface area contributed by atoms with Gasteiger partial charge in [0, 0.05) is 11.4 Å². The molecule has 4 heteroatoms. The van der Waals surface area contributed by atoms with Crippen LogP contribution in [0.1, 0.15) is 16.7 Å². The Balaban J connectivity index is 2.08. The fraction of sp³-hybridized carbons (Fsp3) is 0.143. The van der Waals surface area contributed by atoms with Crippen molar-refractivity contribution in [2.24, 2.45) is 0 Å². The lowest BCUT2D eigenvalue weighted by atomic mass is 10.0. The summed E-state index contributed by atoms with van der Waals surface area (Å²) >= 11 is 0. The lowest BCUT2D eigenvalue weighted by Gasteiger charge is -2.15. The molecule has 25 heavy (non-hydrogen) atoms. The molecule has 0 aromatic heterocycles. The Morgan fingerprint density at radius 2 is 1.48 bits per heavy atom. The van der Waals surface area contributed by atoms with Gasteiger partial charge in [-0.3, -0.25) is 0 Å². The molecule has 3 aromatic rings. The van der Waals surface area contributed by atoms with E-state index in [-0.39, 0.29) is 0 Å². The van der Waals surface area contributed by atoms with Crippen molar-refractivity contribution < 1.29 is 13.2 Å². The first-order chi connectivity index (χ1) is 11.8. The normalized spacial score (nSPS) is 11.4. The zero-order valence-electron chi connectivity index (χ0n) is 14.0. The van der Waals surface area contributed by atoms with Gasteiger partial charge >= 0.3 is 6.18 Å². The molecule has 0 amide bonds. The molecule has 3 aromatic carbocycles. The van der Waals surface area contributed by atoms with Crippen molar-refractivity contribution in [3.8, 4) is 11.1 Å².